The first-order valence-electron chi connectivity index (χ1n) is 8.30. The molecule has 3 heterocycles. The number of ether oxygens (including phenoxy) is 1. The molecule has 9 heteroatoms. The van der Waals surface area contributed by atoms with Crippen LogP contribution in [-0.2, 0) is 0 Å². The number of fused-ring (bicyclic) bond motifs is 1. The number of piperidine rings is 1. The van der Waals surface area contributed by atoms with Gasteiger partial charge < -0.3 is 15.4 Å². The number of carbonyl (C=O) groups excluding carboxylic acids is 1. The molecule has 2 N–H and O–H groups in total. The van der Waals surface area contributed by atoms with Crippen molar-refractivity contribution >= 4 is 23.1 Å². The molecule has 2 aromatic rings. The summed E-state index contributed by atoms with van der Waals surface area (Å²) in [5.74, 6) is 0.727. The summed E-state index contributed by atoms with van der Waals surface area (Å²) in [6.07, 6.45) is 2.66. The van der Waals surface area contributed by atoms with Crippen LogP contribution in [0.5, 0.6) is 5.75 Å². The van der Waals surface area contributed by atoms with Gasteiger partial charge >= 0.3 is 5.69 Å². The molecule has 1 aromatic heterocycles. The van der Waals surface area contributed by atoms with Crippen molar-refractivity contribution < 1.29 is 14.5 Å². The zero-order chi connectivity index (χ0) is 18.3. The van der Waals surface area contributed by atoms with E-state index in [2.05, 4.69) is 9.97 Å². The molecular formula is C17H17N5O4. The van der Waals surface area contributed by atoms with E-state index in [4.69, 9.17) is 10.5 Å². The number of nitro groups is 1. The molecule has 0 bridgehead atoms. The SMILES string of the molecule is Nc1ncnc(N2CCC3(CC2)CC(=O)c2ccccc2O3)c1[N+](=O)[O-]. The Kier molecular flexibility index (Phi) is 3.71. The van der Waals surface area contributed by atoms with E-state index in [1.807, 2.05) is 12.1 Å². The number of hydrogen-bond acceptors (Lipinski definition) is 8. The van der Waals surface area contributed by atoms with Gasteiger partial charge in [0.15, 0.2) is 5.78 Å². The first-order chi connectivity index (χ1) is 12.5. The predicted molar refractivity (Wildman–Crippen MR) is 93.3 cm³/mol. The number of rotatable bonds is 2. The lowest BCUT2D eigenvalue weighted by Gasteiger charge is -2.44. The third kappa shape index (κ3) is 2.61. The summed E-state index contributed by atoms with van der Waals surface area (Å²) < 4.78 is 6.18. The fourth-order valence-corrected chi connectivity index (χ4v) is 3.64. The van der Waals surface area contributed by atoms with Crippen LogP contribution in [0.2, 0.25) is 0 Å². The van der Waals surface area contributed by atoms with Gasteiger partial charge in [0.2, 0.25) is 11.6 Å². The van der Waals surface area contributed by atoms with Crippen molar-refractivity contribution in [3.05, 3.63) is 46.3 Å². The molecule has 1 fully saturated rings. The number of nitrogens with two attached hydrogens (primary N) is 1. The average Bonchev–Trinajstić information content (AvgIpc) is 2.62. The van der Waals surface area contributed by atoms with E-state index in [1.54, 1.807) is 17.0 Å². The van der Waals surface area contributed by atoms with Gasteiger partial charge in [0.1, 0.15) is 17.7 Å². The third-order valence-corrected chi connectivity index (χ3v) is 4.98. The van der Waals surface area contributed by atoms with Crippen molar-refractivity contribution in [2.75, 3.05) is 23.7 Å². The number of benzene rings is 1. The van der Waals surface area contributed by atoms with Crippen LogP contribution < -0.4 is 15.4 Å². The second-order valence-electron chi connectivity index (χ2n) is 6.56. The second kappa shape index (κ2) is 5.94. The van der Waals surface area contributed by atoms with E-state index >= 15 is 0 Å². The highest BCUT2D eigenvalue weighted by Crippen LogP contribution is 2.41. The van der Waals surface area contributed by atoms with Gasteiger partial charge in [0.25, 0.3) is 0 Å². The molecule has 0 atom stereocenters. The van der Waals surface area contributed by atoms with Crippen LogP contribution in [0.1, 0.15) is 29.6 Å². The number of Topliss-reactive ketones (excluding diaryl/α,β-unsaturated/α-hetero) is 1. The third-order valence-electron chi connectivity index (χ3n) is 4.98. The summed E-state index contributed by atoms with van der Waals surface area (Å²) in [5, 5.41) is 11.3. The number of nitrogen functional groups attached to an aromatic ring is 1. The highest BCUT2D eigenvalue weighted by Gasteiger charge is 2.44. The lowest BCUT2D eigenvalue weighted by molar-refractivity contribution is -0.383. The number of ketones is 1. The van der Waals surface area contributed by atoms with Crippen molar-refractivity contribution in [2.24, 2.45) is 0 Å². The highest BCUT2D eigenvalue weighted by atomic mass is 16.6. The number of anilines is 2. The van der Waals surface area contributed by atoms with E-state index in [0.717, 1.165) is 0 Å². The largest absolute Gasteiger partial charge is 0.486 e. The molecular weight excluding hydrogens is 338 g/mol. The molecule has 2 aliphatic rings. The summed E-state index contributed by atoms with van der Waals surface area (Å²) >= 11 is 0. The monoisotopic (exact) mass is 355 g/mol. The van der Waals surface area contributed by atoms with Gasteiger partial charge in [-0.2, -0.15) is 0 Å². The van der Waals surface area contributed by atoms with Crippen LogP contribution in [-0.4, -0.2) is 39.4 Å². The number of hydrogen-bond donors (Lipinski definition) is 1. The lowest BCUT2D eigenvalue weighted by Crippen LogP contribution is -2.51. The number of nitrogens with zero attached hydrogens (tertiary/aromatic N) is 4. The summed E-state index contributed by atoms with van der Waals surface area (Å²) in [7, 11) is 0. The zero-order valence-electron chi connectivity index (χ0n) is 13.9. The van der Waals surface area contributed by atoms with Gasteiger partial charge in [-0.05, 0) is 12.1 Å². The Hall–Kier alpha value is -3.23. The Morgan fingerprint density at radius 2 is 1.96 bits per heavy atom. The van der Waals surface area contributed by atoms with Crippen molar-refractivity contribution in [1.29, 1.82) is 0 Å². The molecule has 2 aliphatic heterocycles. The Morgan fingerprint density at radius 1 is 1.23 bits per heavy atom. The van der Waals surface area contributed by atoms with Crippen molar-refractivity contribution in [3.8, 4) is 5.75 Å². The summed E-state index contributed by atoms with van der Waals surface area (Å²) in [6, 6.07) is 7.23. The fourth-order valence-electron chi connectivity index (χ4n) is 3.64. The first kappa shape index (κ1) is 16.2. The number of carbonyl (C=O) groups is 1. The van der Waals surface area contributed by atoms with Crippen LogP contribution in [0.3, 0.4) is 0 Å². The first-order valence-corrected chi connectivity index (χ1v) is 8.30. The van der Waals surface area contributed by atoms with Crippen LogP contribution in [0, 0.1) is 10.1 Å². The van der Waals surface area contributed by atoms with Crippen LogP contribution in [0.4, 0.5) is 17.3 Å². The topological polar surface area (TPSA) is 124 Å². The molecule has 0 radical (unpaired) electrons. The average molecular weight is 355 g/mol. The molecule has 0 saturated carbocycles. The van der Waals surface area contributed by atoms with Crippen LogP contribution in [0.15, 0.2) is 30.6 Å². The van der Waals surface area contributed by atoms with E-state index in [-0.39, 0.29) is 23.1 Å². The molecule has 26 heavy (non-hydrogen) atoms. The molecule has 1 aromatic carbocycles. The second-order valence-corrected chi connectivity index (χ2v) is 6.56. The van der Waals surface area contributed by atoms with Crippen molar-refractivity contribution in [2.45, 2.75) is 24.9 Å². The van der Waals surface area contributed by atoms with Crippen molar-refractivity contribution in [1.82, 2.24) is 9.97 Å². The number of aromatic nitrogens is 2. The maximum Gasteiger partial charge on any atom is 0.353 e. The quantitative estimate of drug-likeness (QED) is 0.640. The smallest absolute Gasteiger partial charge is 0.353 e. The molecule has 134 valence electrons. The Balaban J connectivity index is 1.57. The molecule has 1 spiro atoms. The minimum atomic E-state index is -0.574. The standard InChI is InChI=1S/C17H17N5O4/c18-15-14(22(24)25)16(20-10-19-15)21-7-5-17(6-8-21)9-12(23)11-3-1-2-4-13(11)26-17/h1-4,10H,5-9H2,(H2,18,19,20). The van der Waals surface area contributed by atoms with E-state index in [0.29, 0.717) is 43.7 Å². The van der Waals surface area contributed by atoms with Gasteiger partial charge in [0.05, 0.1) is 16.9 Å². The Bertz CT molecular complexity index is 892. The maximum absolute atomic E-state index is 12.5. The summed E-state index contributed by atoms with van der Waals surface area (Å²) in [4.78, 5) is 32.8. The zero-order valence-corrected chi connectivity index (χ0v) is 13.9. The Labute approximate surface area is 148 Å². The van der Waals surface area contributed by atoms with Crippen LogP contribution >= 0.6 is 0 Å². The number of para-hydroxylation sites is 1. The van der Waals surface area contributed by atoms with Gasteiger partial charge in [-0.3, -0.25) is 14.9 Å². The molecule has 0 amide bonds. The molecule has 0 unspecified atom stereocenters. The predicted octanol–water partition coefficient (Wildman–Crippen LogP) is 1.97. The van der Waals surface area contributed by atoms with Crippen molar-refractivity contribution in [3.63, 3.8) is 0 Å². The molecule has 4 rings (SSSR count). The van der Waals surface area contributed by atoms with E-state index in [9.17, 15) is 14.9 Å². The van der Waals surface area contributed by atoms with Gasteiger partial charge in [-0.1, -0.05) is 12.1 Å². The van der Waals surface area contributed by atoms with Gasteiger partial charge in [-0.15, -0.1) is 0 Å². The minimum absolute atomic E-state index is 0.0672. The molecule has 1 saturated heterocycles. The highest BCUT2D eigenvalue weighted by molar-refractivity contribution is 6.00. The van der Waals surface area contributed by atoms with E-state index in [1.165, 1.54) is 6.33 Å². The normalized spacial score (nSPS) is 18.3. The summed E-state index contributed by atoms with van der Waals surface area (Å²) in [6.45, 7) is 0.958. The molecule has 9 nitrogen and oxygen atoms in total. The van der Waals surface area contributed by atoms with Crippen LogP contribution in [0.25, 0.3) is 0 Å². The van der Waals surface area contributed by atoms with Gasteiger partial charge in [0, 0.05) is 25.9 Å². The minimum Gasteiger partial charge on any atom is -0.486 e. The fraction of sp³-hybridized carbons (Fsp3) is 0.353. The van der Waals surface area contributed by atoms with Gasteiger partial charge in [-0.25, -0.2) is 9.97 Å². The lowest BCUT2D eigenvalue weighted by atomic mass is 9.82. The maximum atomic E-state index is 12.5. The molecule has 0 aliphatic carbocycles. The van der Waals surface area contributed by atoms with E-state index < -0.39 is 10.5 Å². The summed E-state index contributed by atoms with van der Waals surface area (Å²) in [5.41, 5.74) is 5.40. The Morgan fingerprint density at radius 3 is 2.69 bits per heavy atom.